The molecule has 4 rings (SSSR count). The maximum atomic E-state index is 12.8. The van der Waals surface area contributed by atoms with Crippen LogP contribution in [-0.4, -0.2) is 15.5 Å². The minimum absolute atomic E-state index is 0.107. The van der Waals surface area contributed by atoms with E-state index in [0.717, 1.165) is 5.56 Å². The van der Waals surface area contributed by atoms with Crippen LogP contribution in [0.1, 0.15) is 11.3 Å². The van der Waals surface area contributed by atoms with Crippen molar-refractivity contribution in [3.8, 4) is 5.69 Å². The fraction of sp³-hybridized carbons (Fsp3) is 0.0952. The lowest BCUT2D eigenvalue weighted by Gasteiger charge is -2.09. The van der Waals surface area contributed by atoms with Crippen LogP contribution in [0.15, 0.2) is 76.1 Å². The van der Waals surface area contributed by atoms with E-state index in [2.05, 4.69) is 10.3 Å². The molecule has 7 heteroatoms. The molecular weight excluding hydrogens is 374 g/mol. The van der Waals surface area contributed by atoms with Crippen molar-refractivity contribution in [3.05, 3.63) is 93.4 Å². The lowest BCUT2D eigenvalue weighted by atomic mass is 10.1. The van der Waals surface area contributed by atoms with E-state index in [1.165, 1.54) is 4.57 Å². The number of rotatable bonds is 5. The van der Waals surface area contributed by atoms with Gasteiger partial charge in [-0.05, 0) is 54.2 Å². The number of carbonyl (C=O) groups is 1. The van der Waals surface area contributed by atoms with Crippen LogP contribution in [0, 0.1) is 4.77 Å². The second-order valence-electron chi connectivity index (χ2n) is 6.32. The van der Waals surface area contributed by atoms with Crippen LogP contribution < -0.4 is 10.9 Å². The predicted molar refractivity (Wildman–Crippen MR) is 109 cm³/mol. The normalized spacial score (nSPS) is 10.9. The van der Waals surface area contributed by atoms with Gasteiger partial charge in [-0.15, -0.1) is 0 Å². The van der Waals surface area contributed by atoms with Crippen molar-refractivity contribution in [3.63, 3.8) is 0 Å². The Morgan fingerprint density at radius 2 is 1.86 bits per heavy atom. The van der Waals surface area contributed by atoms with E-state index in [-0.39, 0.29) is 17.9 Å². The number of nitrogens with one attached hydrogen (secondary N) is 2. The fourth-order valence-electron chi connectivity index (χ4n) is 3.01. The van der Waals surface area contributed by atoms with E-state index in [4.69, 9.17) is 16.6 Å². The molecule has 0 radical (unpaired) electrons. The van der Waals surface area contributed by atoms with Crippen molar-refractivity contribution in [2.45, 2.75) is 13.0 Å². The molecule has 0 fully saturated rings. The minimum Gasteiger partial charge on any atom is -0.467 e. The second-order valence-corrected chi connectivity index (χ2v) is 6.70. The smallest absolute Gasteiger partial charge is 0.266 e. The first-order valence-electron chi connectivity index (χ1n) is 8.74. The molecule has 4 aromatic rings. The average Bonchev–Trinajstić information content (AvgIpc) is 3.21. The number of aromatic nitrogens is 2. The third-order valence-corrected chi connectivity index (χ3v) is 4.69. The number of benzene rings is 2. The number of hydrogen-bond acceptors (Lipinski definition) is 4. The second kappa shape index (κ2) is 7.66. The number of H-pyrrole nitrogens is 1. The third kappa shape index (κ3) is 3.65. The number of hydrogen-bond donors (Lipinski definition) is 2. The SMILES string of the molecule is O=C(Cc1ccc(-n2c(=S)[nH]c3ccccc3c2=O)cc1)NCc1ccco1. The summed E-state index contributed by atoms with van der Waals surface area (Å²) >= 11 is 5.36. The number of fused-ring (bicyclic) bond motifs is 1. The molecule has 0 spiro atoms. The molecule has 2 aromatic heterocycles. The summed E-state index contributed by atoms with van der Waals surface area (Å²) < 4.78 is 6.98. The highest BCUT2D eigenvalue weighted by Gasteiger charge is 2.09. The Morgan fingerprint density at radius 1 is 1.07 bits per heavy atom. The van der Waals surface area contributed by atoms with E-state index in [1.54, 1.807) is 36.6 Å². The number of para-hydroxylation sites is 1. The first-order chi connectivity index (χ1) is 13.6. The summed E-state index contributed by atoms with van der Waals surface area (Å²) in [5.74, 6) is 0.595. The molecule has 1 amide bonds. The summed E-state index contributed by atoms with van der Waals surface area (Å²) in [6.07, 6.45) is 1.81. The Hall–Kier alpha value is -3.45. The Balaban J connectivity index is 1.53. The van der Waals surface area contributed by atoms with Gasteiger partial charge in [-0.2, -0.15) is 0 Å². The van der Waals surface area contributed by atoms with Gasteiger partial charge in [-0.25, -0.2) is 0 Å². The lowest BCUT2D eigenvalue weighted by Crippen LogP contribution is -2.24. The van der Waals surface area contributed by atoms with E-state index >= 15 is 0 Å². The van der Waals surface area contributed by atoms with Crippen molar-refractivity contribution >= 4 is 29.0 Å². The highest BCUT2D eigenvalue weighted by atomic mass is 32.1. The van der Waals surface area contributed by atoms with Gasteiger partial charge < -0.3 is 14.7 Å². The first kappa shape index (κ1) is 17.9. The molecule has 0 aliphatic heterocycles. The summed E-state index contributed by atoms with van der Waals surface area (Å²) in [7, 11) is 0. The topological polar surface area (TPSA) is 80.0 Å². The predicted octanol–water partition coefficient (Wildman–Crippen LogP) is 3.50. The van der Waals surface area contributed by atoms with E-state index in [1.807, 2.05) is 30.3 Å². The Morgan fingerprint density at radius 3 is 2.61 bits per heavy atom. The van der Waals surface area contributed by atoms with Crippen LogP contribution in [0.5, 0.6) is 0 Å². The van der Waals surface area contributed by atoms with Gasteiger partial charge in [0, 0.05) is 0 Å². The minimum atomic E-state index is -0.178. The number of furan rings is 1. The maximum absolute atomic E-state index is 12.8. The molecule has 0 saturated carbocycles. The molecule has 2 heterocycles. The summed E-state index contributed by atoms with van der Waals surface area (Å²) in [6, 6.07) is 18.0. The molecule has 0 saturated heterocycles. The summed E-state index contributed by atoms with van der Waals surface area (Å²) in [5, 5.41) is 3.38. The standard InChI is InChI=1S/C21H17N3O3S/c25-19(22-13-16-4-3-11-27-16)12-14-7-9-15(10-8-14)24-20(26)17-5-1-2-6-18(17)23-21(24)28/h1-11H,12-13H2,(H,22,25)(H,23,28). The van der Waals surface area contributed by atoms with Gasteiger partial charge >= 0.3 is 0 Å². The molecule has 140 valence electrons. The molecule has 0 bridgehead atoms. The largest absolute Gasteiger partial charge is 0.467 e. The molecule has 2 N–H and O–H groups in total. The van der Waals surface area contributed by atoms with Crippen LogP contribution in [0.2, 0.25) is 0 Å². The quantitative estimate of drug-likeness (QED) is 0.510. The average molecular weight is 391 g/mol. The van der Waals surface area contributed by atoms with Gasteiger partial charge in [0.2, 0.25) is 5.91 Å². The Kier molecular flexibility index (Phi) is 4.90. The van der Waals surface area contributed by atoms with Crippen molar-refractivity contribution < 1.29 is 9.21 Å². The van der Waals surface area contributed by atoms with Crippen LogP contribution in [0.25, 0.3) is 16.6 Å². The molecule has 2 aromatic carbocycles. The highest BCUT2D eigenvalue weighted by molar-refractivity contribution is 7.71. The molecule has 0 atom stereocenters. The Bertz CT molecular complexity index is 1240. The van der Waals surface area contributed by atoms with Crippen LogP contribution in [0.4, 0.5) is 0 Å². The van der Waals surface area contributed by atoms with Crippen molar-refractivity contribution in [1.82, 2.24) is 14.9 Å². The zero-order valence-electron chi connectivity index (χ0n) is 14.8. The lowest BCUT2D eigenvalue weighted by molar-refractivity contribution is -0.120. The van der Waals surface area contributed by atoms with E-state index < -0.39 is 0 Å². The van der Waals surface area contributed by atoms with Gasteiger partial charge in [0.25, 0.3) is 5.56 Å². The number of amides is 1. The third-order valence-electron chi connectivity index (χ3n) is 4.40. The van der Waals surface area contributed by atoms with Crippen LogP contribution >= 0.6 is 12.2 Å². The molecule has 0 aliphatic rings. The van der Waals surface area contributed by atoms with E-state index in [0.29, 0.717) is 33.7 Å². The zero-order valence-corrected chi connectivity index (χ0v) is 15.7. The maximum Gasteiger partial charge on any atom is 0.266 e. The van der Waals surface area contributed by atoms with Crippen LogP contribution in [0.3, 0.4) is 0 Å². The van der Waals surface area contributed by atoms with Crippen LogP contribution in [-0.2, 0) is 17.8 Å². The fourth-order valence-corrected chi connectivity index (χ4v) is 3.30. The van der Waals surface area contributed by atoms with Gasteiger partial charge in [-0.3, -0.25) is 14.2 Å². The summed E-state index contributed by atoms with van der Waals surface area (Å²) in [6.45, 7) is 0.353. The van der Waals surface area contributed by atoms with Crippen molar-refractivity contribution in [2.75, 3.05) is 0 Å². The van der Waals surface area contributed by atoms with Gasteiger partial charge in [0.1, 0.15) is 5.76 Å². The number of aromatic amines is 1. The number of nitrogens with zero attached hydrogens (tertiary/aromatic N) is 1. The molecule has 0 unspecified atom stereocenters. The first-order valence-corrected chi connectivity index (χ1v) is 9.15. The zero-order chi connectivity index (χ0) is 19.5. The highest BCUT2D eigenvalue weighted by Crippen LogP contribution is 2.12. The molecule has 6 nitrogen and oxygen atoms in total. The Labute approximate surface area is 165 Å². The van der Waals surface area contributed by atoms with Gasteiger partial charge in [-0.1, -0.05) is 24.3 Å². The van der Waals surface area contributed by atoms with Crippen molar-refractivity contribution in [2.24, 2.45) is 0 Å². The molecular formula is C21H17N3O3S. The van der Waals surface area contributed by atoms with Gasteiger partial charge in [0.15, 0.2) is 4.77 Å². The molecule has 28 heavy (non-hydrogen) atoms. The summed E-state index contributed by atoms with van der Waals surface area (Å²) in [4.78, 5) is 28.0. The van der Waals surface area contributed by atoms with E-state index in [9.17, 15) is 9.59 Å². The monoisotopic (exact) mass is 391 g/mol. The van der Waals surface area contributed by atoms with Gasteiger partial charge in [0.05, 0.1) is 35.8 Å². The summed E-state index contributed by atoms with van der Waals surface area (Å²) in [5.41, 5.74) is 2.02. The number of carbonyl (C=O) groups excluding carboxylic acids is 1. The van der Waals surface area contributed by atoms with Crippen molar-refractivity contribution in [1.29, 1.82) is 0 Å². The molecule has 0 aliphatic carbocycles.